The topological polar surface area (TPSA) is 120 Å². The zero-order valence-corrected chi connectivity index (χ0v) is 18.4. The lowest BCUT2D eigenvalue weighted by Crippen LogP contribution is -2.20. The largest absolute Gasteiger partial charge is 0.484 e. The Hall–Kier alpha value is -4.18. The van der Waals surface area contributed by atoms with Crippen LogP contribution in [0, 0.1) is 0 Å². The predicted octanol–water partition coefficient (Wildman–Crippen LogP) is 3.46. The molecule has 0 aliphatic rings. The molecule has 0 spiro atoms. The Morgan fingerprint density at radius 2 is 1.70 bits per heavy atom. The van der Waals surface area contributed by atoms with Crippen molar-refractivity contribution >= 4 is 38.2 Å². The van der Waals surface area contributed by atoms with Crippen molar-refractivity contribution in [3.8, 4) is 11.6 Å². The summed E-state index contributed by atoms with van der Waals surface area (Å²) in [6, 6.07) is 20.5. The molecule has 10 heteroatoms. The number of aromatic nitrogens is 2. The van der Waals surface area contributed by atoms with Crippen LogP contribution >= 0.6 is 0 Å². The second-order valence-electron chi connectivity index (χ2n) is 6.92. The minimum Gasteiger partial charge on any atom is -0.484 e. The van der Waals surface area contributed by atoms with E-state index in [0.717, 1.165) is 10.8 Å². The lowest BCUT2D eigenvalue weighted by atomic mass is 10.1. The molecule has 2 N–H and O–H groups in total. The molecule has 9 nitrogen and oxygen atoms in total. The Balaban J connectivity index is 1.35. The molecule has 1 heterocycles. The summed E-state index contributed by atoms with van der Waals surface area (Å²) in [6.45, 7) is -0.185. The number of sulfonamides is 1. The molecule has 0 saturated heterocycles. The molecule has 3 aromatic carbocycles. The van der Waals surface area contributed by atoms with E-state index in [4.69, 9.17) is 9.47 Å². The number of anilines is 2. The highest BCUT2D eigenvalue weighted by atomic mass is 32.2. The number of carbonyl (C=O) groups is 1. The van der Waals surface area contributed by atoms with E-state index in [0.29, 0.717) is 11.4 Å². The number of rotatable bonds is 8. The minimum atomic E-state index is -3.88. The van der Waals surface area contributed by atoms with Gasteiger partial charge in [0.1, 0.15) is 17.9 Å². The molecule has 0 atom stereocenters. The summed E-state index contributed by atoms with van der Waals surface area (Å²) in [5.41, 5.74) is 0.435. The third-order valence-corrected chi connectivity index (χ3v) is 6.00. The average molecular weight is 465 g/mol. The van der Waals surface area contributed by atoms with Crippen LogP contribution in [0.15, 0.2) is 84.0 Å². The SMILES string of the molecule is COc1cc(NS(=O)(=O)c2ccc(NC(=O)COc3ccc4ccccc4c3)cc2)ncn1. The quantitative estimate of drug-likeness (QED) is 0.410. The molecule has 33 heavy (non-hydrogen) atoms. The summed E-state index contributed by atoms with van der Waals surface area (Å²) < 4.78 is 38.0. The van der Waals surface area contributed by atoms with Gasteiger partial charge in [-0.25, -0.2) is 18.4 Å². The maximum Gasteiger partial charge on any atom is 0.263 e. The fraction of sp³-hybridized carbons (Fsp3) is 0.0870. The molecule has 0 radical (unpaired) electrons. The summed E-state index contributed by atoms with van der Waals surface area (Å²) in [5, 5.41) is 4.77. The molecule has 1 amide bonds. The predicted molar refractivity (Wildman–Crippen MR) is 124 cm³/mol. The molecular weight excluding hydrogens is 444 g/mol. The molecular formula is C23H20N4O5S. The summed E-state index contributed by atoms with van der Waals surface area (Å²) in [4.78, 5) is 19.9. The van der Waals surface area contributed by atoms with E-state index in [1.165, 1.54) is 43.8 Å². The molecule has 0 aliphatic heterocycles. The first-order valence-electron chi connectivity index (χ1n) is 9.83. The molecule has 0 unspecified atom stereocenters. The Kier molecular flexibility index (Phi) is 6.36. The number of ether oxygens (including phenoxy) is 2. The van der Waals surface area contributed by atoms with Crippen molar-refractivity contribution in [2.24, 2.45) is 0 Å². The van der Waals surface area contributed by atoms with Gasteiger partial charge in [-0.05, 0) is 47.2 Å². The number of hydrogen-bond acceptors (Lipinski definition) is 7. The molecule has 0 bridgehead atoms. The zero-order chi connectivity index (χ0) is 23.3. The Labute approximate surface area is 190 Å². The first kappa shape index (κ1) is 22.0. The van der Waals surface area contributed by atoms with E-state index >= 15 is 0 Å². The second-order valence-corrected chi connectivity index (χ2v) is 8.60. The van der Waals surface area contributed by atoms with Gasteiger partial charge < -0.3 is 14.8 Å². The average Bonchev–Trinajstić information content (AvgIpc) is 2.83. The maximum absolute atomic E-state index is 12.6. The first-order valence-corrected chi connectivity index (χ1v) is 11.3. The highest BCUT2D eigenvalue weighted by molar-refractivity contribution is 7.92. The van der Waals surface area contributed by atoms with Gasteiger partial charge in [-0.3, -0.25) is 9.52 Å². The van der Waals surface area contributed by atoms with Crippen molar-refractivity contribution in [1.82, 2.24) is 9.97 Å². The Bertz CT molecular complexity index is 1390. The summed E-state index contributed by atoms with van der Waals surface area (Å²) in [6.07, 6.45) is 1.19. The normalized spacial score (nSPS) is 11.1. The van der Waals surface area contributed by atoms with Crippen molar-refractivity contribution in [3.63, 3.8) is 0 Å². The van der Waals surface area contributed by atoms with Gasteiger partial charge >= 0.3 is 0 Å². The van der Waals surface area contributed by atoms with Gasteiger partial charge in [-0.2, -0.15) is 0 Å². The molecule has 0 saturated carbocycles. The van der Waals surface area contributed by atoms with E-state index in [1.54, 1.807) is 6.07 Å². The van der Waals surface area contributed by atoms with Gasteiger partial charge in [0.25, 0.3) is 15.9 Å². The van der Waals surface area contributed by atoms with E-state index in [-0.39, 0.29) is 29.1 Å². The van der Waals surface area contributed by atoms with Crippen LogP contribution in [-0.4, -0.2) is 38.0 Å². The van der Waals surface area contributed by atoms with Crippen LogP contribution < -0.4 is 19.5 Å². The van der Waals surface area contributed by atoms with Crippen LogP contribution in [0.4, 0.5) is 11.5 Å². The van der Waals surface area contributed by atoms with E-state index in [2.05, 4.69) is 20.0 Å². The number of carbonyl (C=O) groups excluding carboxylic acids is 1. The van der Waals surface area contributed by atoms with Crippen LogP contribution in [0.3, 0.4) is 0 Å². The summed E-state index contributed by atoms with van der Waals surface area (Å²) in [7, 11) is -2.46. The molecule has 0 fully saturated rings. The van der Waals surface area contributed by atoms with Gasteiger partial charge in [0.15, 0.2) is 6.61 Å². The number of benzene rings is 3. The van der Waals surface area contributed by atoms with Crippen LogP contribution in [0.25, 0.3) is 10.8 Å². The number of amides is 1. The minimum absolute atomic E-state index is 0.00508. The maximum atomic E-state index is 12.6. The standard InChI is InChI=1S/C23H20N4O5S/c1-31-23-13-21(24-15-25-23)27-33(29,30)20-10-7-18(8-11-20)26-22(28)14-32-19-9-6-16-4-2-3-5-17(16)12-19/h2-13,15H,14H2,1H3,(H,26,28)(H,24,25,27). The van der Waals surface area contributed by atoms with Crippen molar-refractivity contribution in [1.29, 1.82) is 0 Å². The Morgan fingerprint density at radius 3 is 2.45 bits per heavy atom. The number of hydrogen-bond donors (Lipinski definition) is 2. The van der Waals surface area contributed by atoms with Crippen LogP contribution in [0.5, 0.6) is 11.6 Å². The van der Waals surface area contributed by atoms with Crippen molar-refractivity contribution in [3.05, 3.63) is 79.1 Å². The fourth-order valence-electron chi connectivity index (χ4n) is 3.02. The van der Waals surface area contributed by atoms with Crippen molar-refractivity contribution < 1.29 is 22.7 Å². The van der Waals surface area contributed by atoms with Crippen LogP contribution in [-0.2, 0) is 14.8 Å². The molecule has 1 aromatic heterocycles. The van der Waals surface area contributed by atoms with Gasteiger partial charge in [0.2, 0.25) is 5.88 Å². The first-order chi connectivity index (χ1) is 15.9. The lowest BCUT2D eigenvalue weighted by Gasteiger charge is -2.10. The third-order valence-electron chi connectivity index (χ3n) is 4.63. The second kappa shape index (κ2) is 9.53. The smallest absolute Gasteiger partial charge is 0.263 e. The van der Waals surface area contributed by atoms with Crippen LogP contribution in [0.2, 0.25) is 0 Å². The molecule has 4 aromatic rings. The number of methoxy groups -OCH3 is 1. The van der Waals surface area contributed by atoms with E-state index in [1.807, 2.05) is 36.4 Å². The molecule has 0 aliphatic carbocycles. The fourth-order valence-corrected chi connectivity index (χ4v) is 4.02. The third kappa shape index (κ3) is 5.55. The monoisotopic (exact) mass is 464 g/mol. The number of fused-ring (bicyclic) bond motifs is 1. The van der Waals surface area contributed by atoms with Crippen molar-refractivity contribution in [2.45, 2.75) is 4.90 Å². The Morgan fingerprint density at radius 1 is 0.939 bits per heavy atom. The van der Waals surface area contributed by atoms with Gasteiger partial charge in [-0.15, -0.1) is 0 Å². The van der Waals surface area contributed by atoms with Gasteiger partial charge in [0, 0.05) is 11.8 Å². The number of nitrogens with zero attached hydrogens (tertiary/aromatic N) is 2. The van der Waals surface area contributed by atoms with E-state index in [9.17, 15) is 13.2 Å². The highest BCUT2D eigenvalue weighted by Crippen LogP contribution is 2.21. The highest BCUT2D eigenvalue weighted by Gasteiger charge is 2.16. The van der Waals surface area contributed by atoms with Gasteiger partial charge in [-0.1, -0.05) is 30.3 Å². The van der Waals surface area contributed by atoms with Gasteiger partial charge in [0.05, 0.1) is 12.0 Å². The number of nitrogens with one attached hydrogen (secondary N) is 2. The van der Waals surface area contributed by atoms with E-state index < -0.39 is 10.0 Å². The van der Waals surface area contributed by atoms with Crippen molar-refractivity contribution in [2.75, 3.05) is 23.8 Å². The molecule has 4 rings (SSSR count). The molecule has 168 valence electrons. The lowest BCUT2D eigenvalue weighted by molar-refractivity contribution is -0.118. The van der Waals surface area contributed by atoms with Crippen LogP contribution in [0.1, 0.15) is 0 Å². The summed E-state index contributed by atoms with van der Waals surface area (Å²) in [5.74, 6) is 0.513. The zero-order valence-electron chi connectivity index (χ0n) is 17.6. The summed E-state index contributed by atoms with van der Waals surface area (Å²) >= 11 is 0.